The van der Waals surface area contributed by atoms with Gasteiger partial charge in [-0.25, -0.2) is 0 Å². The maximum Gasteiger partial charge on any atom is 0.0474 e. The lowest BCUT2D eigenvalue weighted by Crippen LogP contribution is -2.56. The van der Waals surface area contributed by atoms with E-state index >= 15 is 0 Å². The molecular formula is C17H29N3. The first-order valence-corrected chi connectivity index (χ1v) is 7.82. The van der Waals surface area contributed by atoms with Crippen molar-refractivity contribution >= 4 is 0 Å². The molecule has 3 nitrogen and oxygen atoms in total. The average Bonchev–Trinajstić information content (AvgIpc) is 2.46. The van der Waals surface area contributed by atoms with E-state index in [-0.39, 0.29) is 0 Å². The largest absolute Gasteiger partial charge is 0.329 e. The van der Waals surface area contributed by atoms with Crippen LogP contribution in [0.3, 0.4) is 0 Å². The molecule has 1 aliphatic heterocycles. The lowest BCUT2D eigenvalue weighted by atomic mass is 9.95. The number of piperazine rings is 1. The fourth-order valence-electron chi connectivity index (χ4n) is 3.35. The van der Waals surface area contributed by atoms with Crippen LogP contribution in [0, 0.1) is 0 Å². The van der Waals surface area contributed by atoms with Gasteiger partial charge in [0, 0.05) is 37.8 Å². The first kappa shape index (κ1) is 15.5. The van der Waals surface area contributed by atoms with E-state index in [2.05, 4.69) is 61.9 Å². The summed E-state index contributed by atoms with van der Waals surface area (Å²) in [5.41, 5.74) is 8.98. The molecule has 2 N–H and O–H groups in total. The van der Waals surface area contributed by atoms with E-state index in [1.807, 2.05) is 0 Å². The van der Waals surface area contributed by atoms with Gasteiger partial charge in [0.2, 0.25) is 0 Å². The minimum Gasteiger partial charge on any atom is -0.329 e. The molecule has 0 spiro atoms. The zero-order valence-electron chi connectivity index (χ0n) is 13.3. The fraction of sp³-hybridized carbons (Fsp3) is 0.647. The van der Waals surface area contributed by atoms with Gasteiger partial charge in [0.25, 0.3) is 0 Å². The Bertz CT molecular complexity index is 420. The van der Waals surface area contributed by atoms with Crippen LogP contribution in [-0.4, -0.2) is 48.6 Å². The molecule has 20 heavy (non-hydrogen) atoms. The molecule has 0 radical (unpaired) electrons. The number of likely N-dealkylation sites (N-methyl/N-ethyl adjacent to an activating group) is 1. The second kappa shape index (κ2) is 6.70. The van der Waals surface area contributed by atoms with Crippen LogP contribution in [-0.2, 0) is 6.42 Å². The van der Waals surface area contributed by atoms with Gasteiger partial charge in [-0.05, 0) is 38.4 Å². The number of hydrogen-bond acceptors (Lipinski definition) is 3. The summed E-state index contributed by atoms with van der Waals surface area (Å²) < 4.78 is 0. The van der Waals surface area contributed by atoms with Crippen molar-refractivity contribution in [3.63, 3.8) is 0 Å². The third-order valence-electron chi connectivity index (χ3n) is 4.85. The number of nitrogens with two attached hydrogens (primary N) is 1. The molecule has 0 saturated carbocycles. The first-order valence-electron chi connectivity index (χ1n) is 7.82. The van der Waals surface area contributed by atoms with Crippen molar-refractivity contribution in [1.29, 1.82) is 0 Å². The van der Waals surface area contributed by atoms with E-state index in [0.29, 0.717) is 24.7 Å². The summed E-state index contributed by atoms with van der Waals surface area (Å²) in [4.78, 5) is 5.04. The SMILES string of the molecule is CCc1ccccc1C(CN)N1CC(C)N(C)C(C)C1. The summed E-state index contributed by atoms with van der Waals surface area (Å²) in [5, 5.41) is 0. The third kappa shape index (κ3) is 3.05. The Hall–Kier alpha value is -0.900. The predicted molar refractivity (Wildman–Crippen MR) is 85.9 cm³/mol. The third-order valence-corrected chi connectivity index (χ3v) is 4.85. The number of nitrogens with zero attached hydrogens (tertiary/aromatic N) is 2. The molecule has 1 heterocycles. The minimum absolute atomic E-state index is 0.352. The molecule has 1 aliphatic rings. The highest BCUT2D eigenvalue weighted by molar-refractivity contribution is 5.30. The maximum absolute atomic E-state index is 6.13. The second-order valence-electron chi connectivity index (χ2n) is 6.12. The highest BCUT2D eigenvalue weighted by atomic mass is 15.3. The van der Waals surface area contributed by atoms with Gasteiger partial charge in [0.05, 0.1) is 0 Å². The van der Waals surface area contributed by atoms with Gasteiger partial charge in [-0.15, -0.1) is 0 Å². The summed E-state index contributed by atoms with van der Waals surface area (Å²) >= 11 is 0. The van der Waals surface area contributed by atoms with Crippen LogP contribution in [0.2, 0.25) is 0 Å². The van der Waals surface area contributed by atoms with E-state index < -0.39 is 0 Å². The van der Waals surface area contributed by atoms with Gasteiger partial charge in [0.15, 0.2) is 0 Å². The van der Waals surface area contributed by atoms with E-state index in [4.69, 9.17) is 5.73 Å². The highest BCUT2D eigenvalue weighted by Crippen LogP contribution is 2.27. The van der Waals surface area contributed by atoms with Crippen molar-refractivity contribution in [2.24, 2.45) is 5.73 Å². The van der Waals surface area contributed by atoms with E-state index in [1.165, 1.54) is 11.1 Å². The Labute approximate surface area is 123 Å². The van der Waals surface area contributed by atoms with Crippen molar-refractivity contribution in [3.05, 3.63) is 35.4 Å². The molecule has 0 aromatic heterocycles. The normalized spacial score (nSPS) is 26.6. The van der Waals surface area contributed by atoms with Crippen molar-refractivity contribution in [2.75, 3.05) is 26.7 Å². The lowest BCUT2D eigenvalue weighted by molar-refractivity contribution is 0.0350. The Morgan fingerprint density at radius 2 is 1.80 bits per heavy atom. The number of hydrogen-bond donors (Lipinski definition) is 1. The summed E-state index contributed by atoms with van der Waals surface area (Å²) in [6, 6.07) is 10.3. The topological polar surface area (TPSA) is 32.5 Å². The smallest absolute Gasteiger partial charge is 0.0474 e. The molecule has 2 rings (SSSR count). The fourth-order valence-corrected chi connectivity index (χ4v) is 3.35. The molecule has 3 unspecified atom stereocenters. The van der Waals surface area contributed by atoms with Gasteiger partial charge in [0.1, 0.15) is 0 Å². The molecule has 3 atom stereocenters. The molecule has 3 heteroatoms. The van der Waals surface area contributed by atoms with Gasteiger partial charge in [-0.2, -0.15) is 0 Å². The number of aryl methyl sites for hydroxylation is 1. The zero-order chi connectivity index (χ0) is 14.7. The summed E-state index contributed by atoms with van der Waals surface area (Å²) in [6.07, 6.45) is 1.07. The van der Waals surface area contributed by atoms with Gasteiger partial charge >= 0.3 is 0 Å². The molecule has 0 bridgehead atoms. The molecular weight excluding hydrogens is 246 g/mol. The summed E-state index contributed by atoms with van der Waals surface area (Å²) in [6.45, 7) is 9.73. The Morgan fingerprint density at radius 3 is 2.35 bits per heavy atom. The second-order valence-corrected chi connectivity index (χ2v) is 6.12. The van der Waals surface area contributed by atoms with Crippen LogP contribution in [0.5, 0.6) is 0 Å². The zero-order valence-corrected chi connectivity index (χ0v) is 13.3. The monoisotopic (exact) mass is 275 g/mol. The van der Waals surface area contributed by atoms with Gasteiger partial charge in [-0.3, -0.25) is 9.80 Å². The number of rotatable bonds is 4. The molecule has 112 valence electrons. The minimum atomic E-state index is 0.352. The lowest BCUT2D eigenvalue weighted by Gasteiger charge is -2.45. The van der Waals surface area contributed by atoms with Crippen molar-refractivity contribution < 1.29 is 0 Å². The van der Waals surface area contributed by atoms with Crippen LogP contribution in [0.4, 0.5) is 0 Å². The van der Waals surface area contributed by atoms with Crippen molar-refractivity contribution in [1.82, 2.24) is 9.80 Å². The van der Waals surface area contributed by atoms with Crippen LogP contribution >= 0.6 is 0 Å². The summed E-state index contributed by atoms with van der Waals surface area (Å²) in [7, 11) is 2.23. The number of benzene rings is 1. The van der Waals surface area contributed by atoms with Crippen molar-refractivity contribution in [3.8, 4) is 0 Å². The Morgan fingerprint density at radius 1 is 1.20 bits per heavy atom. The molecule has 1 saturated heterocycles. The van der Waals surface area contributed by atoms with Crippen LogP contribution < -0.4 is 5.73 Å². The van der Waals surface area contributed by atoms with Gasteiger partial charge < -0.3 is 5.73 Å². The first-order chi connectivity index (χ1) is 9.58. The van der Waals surface area contributed by atoms with E-state index in [9.17, 15) is 0 Å². The molecule has 1 fully saturated rings. The van der Waals surface area contributed by atoms with Gasteiger partial charge in [-0.1, -0.05) is 31.2 Å². The molecule has 1 aromatic rings. The van der Waals surface area contributed by atoms with Crippen LogP contribution in [0.25, 0.3) is 0 Å². The Kier molecular flexibility index (Phi) is 5.19. The maximum atomic E-state index is 6.13. The van der Waals surface area contributed by atoms with Crippen LogP contribution in [0.1, 0.15) is 37.9 Å². The Balaban J connectivity index is 2.24. The standard InChI is InChI=1S/C17H29N3/c1-5-15-8-6-7-9-16(15)17(10-18)20-11-13(2)19(4)14(3)12-20/h6-9,13-14,17H,5,10-12,18H2,1-4H3. The molecule has 0 amide bonds. The van der Waals surface area contributed by atoms with E-state index in [0.717, 1.165) is 19.5 Å². The predicted octanol–water partition coefficient (Wildman–Crippen LogP) is 2.27. The molecule has 0 aliphatic carbocycles. The van der Waals surface area contributed by atoms with E-state index in [1.54, 1.807) is 0 Å². The van der Waals surface area contributed by atoms with Crippen molar-refractivity contribution in [2.45, 2.75) is 45.3 Å². The van der Waals surface area contributed by atoms with Crippen LogP contribution in [0.15, 0.2) is 24.3 Å². The average molecular weight is 275 g/mol. The quantitative estimate of drug-likeness (QED) is 0.915. The summed E-state index contributed by atoms with van der Waals surface area (Å²) in [5.74, 6) is 0. The highest BCUT2D eigenvalue weighted by Gasteiger charge is 2.31. The molecule has 1 aromatic carbocycles.